The van der Waals surface area contributed by atoms with E-state index < -0.39 is 5.97 Å². The lowest BCUT2D eigenvalue weighted by atomic mass is 10.3. The zero-order valence-electron chi connectivity index (χ0n) is 8.40. The van der Waals surface area contributed by atoms with Gasteiger partial charge in [-0.2, -0.15) is 4.57 Å². The molecule has 0 unspecified atom stereocenters. The number of aryl methyl sites for hydroxylation is 2. The van der Waals surface area contributed by atoms with Crippen LogP contribution < -0.4 is 9.67 Å². The molecule has 2 aromatic rings. The Hall–Kier alpha value is -1.42. The summed E-state index contributed by atoms with van der Waals surface area (Å²) in [5, 5.41) is 11.5. The molecule has 1 aromatic heterocycles. The molecule has 0 saturated carbocycles. The number of carboxylic acids is 1. The minimum atomic E-state index is -1.00. The quantitative estimate of drug-likeness (QED) is 0.714. The molecular weight excluding hydrogens is 210 g/mol. The summed E-state index contributed by atoms with van der Waals surface area (Å²) in [7, 11) is 0. The van der Waals surface area contributed by atoms with Gasteiger partial charge in [-0.25, -0.2) is 0 Å². The number of thiazole rings is 1. The molecular formula is C11H11NO2S. The summed E-state index contributed by atoms with van der Waals surface area (Å²) in [5.74, 6) is -1.00. The van der Waals surface area contributed by atoms with E-state index in [-0.39, 0.29) is 6.42 Å². The number of aromatic nitrogens is 1. The molecule has 0 spiro atoms. The molecule has 0 aliphatic heterocycles. The van der Waals surface area contributed by atoms with Crippen LogP contribution in [0.5, 0.6) is 0 Å². The smallest absolute Gasteiger partial charge is 0.235 e. The van der Waals surface area contributed by atoms with Crippen molar-refractivity contribution in [3.63, 3.8) is 0 Å². The molecule has 0 N–H and O–H groups in total. The fourth-order valence-corrected chi connectivity index (χ4v) is 2.68. The van der Waals surface area contributed by atoms with Crippen LogP contribution in [-0.4, -0.2) is 5.97 Å². The largest absolute Gasteiger partial charge is 0.550 e. The zero-order valence-corrected chi connectivity index (χ0v) is 9.21. The van der Waals surface area contributed by atoms with Crippen LogP contribution in [-0.2, 0) is 11.3 Å². The van der Waals surface area contributed by atoms with Gasteiger partial charge in [0.25, 0.3) is 0 Å². The monoisotopic (exact) mass is 221 g/mol. The van der Waals surface area contributed by atoms with Gasteiger partial charge < -0.3 is 9.90 Å². The first kappa shape index (κ1) is 10.1. The van der Waals surface area contributed by atoms with Crippen LogP contribution in [0.4, 0.5) is 0 Å². The predicted molar refractivity (Wildman–Crippen MR) is 56.4 cm³/mol. The Morgan fingerprint density at radius 2 is 2.20 bits per heavy atom. The standard InChI is InChI=1S/C11H11NO2S/c1-8-12(7-6-11(13)14)9-4-2-3-5-10(9)15-8/h2-5H,6-7H2,1H3. The Kier molecular flexibility index (Phi) is 2.68. The number of carboxylic acid groups (broad SMARTS) is 1. The normalized spacial score (nSPS) is 10.7. The number of fused-ring (bicyclic) bond motifs is 1. The van der Waals surface area contributed by atoms with Gasteiger partial charge in [-0.1, -0.05) is 23.5 Å². The molecule has 0 fully saturated rings. The molecule has 0 aliphatic carbocycles. The van der Waals surface area contributed by atoms with Crippen LogP contribution in [0, 0.1) is 6.92 Å². The van der Waals surface area contributed by atoms with E-state index >= 15 is 0 Å². The van der Waals surface area contributed by atoms with E-state index in [1.807, 2.05) is 35.8 Å². The molecule has 2 rings (SSSR count). The summed E-state index contributed by atoms with van der Waals surface area (Å²) in [6.45, 7) is 2.48. The number of hydrogen-bond acceptors (Lipinski definition) is 3. The number of nitrogens with zero attached hydrogens (tertiary/aromatic N) is 1. The lowest BCUT2D eigenvalue weighted by Gasteiger charge is -1.98. The van der Waals surface area contributed by atoms with Gasteiger partial charge >= 0.3 is 0 Å². The number of carbonyl (C=O) groups excluding carboxylic acids is 1. The summed E-state index contributed by atoms with van der Waals surface area (Å²) >= 11 is 1.68. The highest BCUT2D eigenvalue weighted by atomic mass is 32.1. The van der Waals surface area contributed by atoms with Gasteiger partial charge in [-0.3, -0.25) is 0 Å². The Bertz CT molecular complexity index is 504. The first-order valence-electron chi connectivity index (χ1n) is 4.76. The minimum absolute atomic E-state index is 0.0617. The van der Waals surface area contributed by atoms with Crippen molar-refractivity contribution in [3.05, 3.63) is 29.3 Å². The van der Waals surface area contributed by atoms with Crippen molar-refractivity contribution in [2.24, 2.45) is 0 Å². The molecule has 78 valence electrons. The summed E-state index contributed by atoms with van der Waals surface area (Å²) in [5.41, 5.74) is 1.10. The topological polar surface area (TPSA) is 44.0 Å². The fraction of sp³-hybridized carbons (Fsp3) is 0.273. The van der Waals surface area contributed by atoms with Gasteiger partial charge in [0.05, 0.1) is 0 Å². The first-order valence-corrected chi connectivity index (χ1v) is 5.58. The van der Waals surface area contributed by atoms with E-state index in [4.69, 9.17) is 0 Å². The van der Waals surface area contributed by atoms with Gasteiger partial charge in [0.2, 0.25) is 10.5 Å². The Balaban J connectivity index is 2.40. The molecule has 0 amide bonds. The van der Waals surface area contributed by atoms with Crippen LogP contribution >= 0.6 is 11.3 Å². The molecule has 0 radical (unpaired) electrons. The second-order valence-electron chi connectivity index (χ2n) is 3.36. The van der Waals surface area contributed by atoms with Crippen molar-refractivity contribution in [1.82, 2.24) is 0 Å². The van der Waals surface area contributed by atoms with Crippen molar-refractivity contribution in [2.75, 3.05) is 0 Å². The van der Waals surface area contributed by atoms with E-state index in [1.165, 1.54) is 4.70 Å². The summed E-state index contributed by atoms with van der Waals surface area (Å²) < 4.78 is 3.21. The second-order valence-corrected chi connectivity index (χ2v) is 4.60. The third kappa shape index (κ3) is 1.99. The lowest BCUT2D eigenvalue weighted by molar-refractivity contribution is -0.672. The average Bonchev–Trinajstić information content (AvgIpc) is 2.50. The van der Waals surface area contributed by atoms with Crippen molar-refractivity contribution >= 4 is 27.5 Å². The molecule has 0 atom stereocenters. The molecule has 4 heteroatoms. The molecule has 15 heavy (non-hydrogen) atoms. The van der Waals surface area contributed by atoms with E-state index in [0.717, 1.165) is 10.5 Å². The van der Waals surface area contributed by atoms with E-state index in [9.17, 15) is 9.90 Å². The number of aliphatic carboxylic acids is 1. The Morgan fingerprint density at radius 3 is 2.93 bits per heavy atom. The summed E-state index contributed by atoms with van der Waals surface area (Å²) in [6.07, 6.45) is 0.0617. The average molecular weight is 221 g/mol. The van der Waals surface area contributed by atoms with Crippen molar-refractivity contribution in [3.8, 4) is 0 Å². The molecule has 3 nitrogen and oxygen atoms in total. The molecule has 1 heterocycles. The first-order chi connectivity index (χ1) is 7.18. The third-order valence-corrected chi connectivity index (χ3v) is 3.41. The van der Waals surface area contributed by atoms with Crippen LogP contribution in [0.2, 0.25) is 0 Å². The van der Waals surface area contributed by atoms with Gasteiger partial charge in [-0.15, -0.1) is 0 Å². The number of carbonyl (C=O) groups is 1. The van der Waals surface area contributed by atoms with Gasteiger partial charge in [-0.05, 0) is 6.07 Å². The maximum atomic E-state index is 10.4. The summed E-state index contributed by atoms with van der Waals surface area (Å²) in [6, 6.07) is 8.00. The molecule has 1 aromatic carbocycles. The lowest BCUT2D eigenvalue weighted by Crippen LogP contribution is -2.38. The summed E-state index contributed by atoms with van der Waals surface area (Å²) in [4.78, 5) is 10.4. The minimum Gasteiger partial charge on any atom is -0.550 e. The Morgan fingerprint density at radius 1 is 1.47 bits per heavy atom. The molecule has 0 aliphatic rings. The number of hydrogen-bond donors (Lipinski definition) is 0. The van der Waals surface area contributed by atoms with Crippen LogP contribution in [0.1, 0.15) is 11.4 Å². The SMILES string of the molecule is Cc1sc2ccccc2[n+]1CCC(=O)[O-]. The van der Waals surface area contributed by atoms with E-state index in [2.05, 4.69) is 0 Å². The number of rotatable bonds is 3. The van der Waals surface area contributed by atoms with E-state index in [1.54, 1.807) is 11.3 Å². The van der Waals surface area contributed by atoms with Crippen LogP contribution in [0.15, 0.2) is 24.3 Å². The van der Waals surface area contributed by atoms with Crippen molar-refractivity contribution < 1.29 is 14.5 Å². The predicted octanol–water partition coefficient (Wildman–Crippen LogP) is 0.637. The zero-order chi connectivity index (χ0) is 10.8. The van der Waals surface area contributed by atoms with Crippen LogP contribution in [0.25, 0.3) is 10.2 Å². The van der Waals surface area contributed by atoms with Gasteiger partial charge in [0.1, 0.15) is 4.70 Å². The highest BCUT2D eigenvalue weighted by Crippen LogP contribution is 2.19. The molecule has 0 saturated heterocycles. The van der Waals surface area contributed by atoms with Crippen LogP contribution in [0.3, 0.4) is 0 Å². The van der Waals surface area contributed by atoms with E-state index in [0.29, 0.717) is 6.54 Å². The second kappa shape index (κ2) is 3.98. The number of benzene rings is 1. The number of para-hydroxylation sites is 1. The highest BCUT2D eigenvalue weighted by Gasteiger charge is 2.15. The van der Waals surface area contributed by atoms with Crippen molar-refractivity contribution in [1.29, 1.82) is 0 Å². The van der Waals surface area contributed by atoms with Crippen molar-refractivity contribution in [2.45, 2.75) is 19.9 Å². The Labute approximate surface area is 91.6 Å². The van der Waals surface area contributed by atoms with Gasteiger partial charge in [0, 0.05) is 25.4 Å². The third-order valence-electron chi connectivity index (χ3n) is 2.33. The maximum absolute atomic E-state index is 10.4. The maximum Gasteiger partial charge on any atom is 0.235 e. The van der Waals surface area contributed by atoms with Gasteiger partial charge in [0.15, 0.2) is 6.54 Å². The highest BCUT2D eigenvalue weighted by molar-refractivity contribution is 7.18. The fourth-order valence-electron chi connectivity index (χ4n) is 1.63. The molecule has 0 bridgehead atoms.